The van der Waals surface area contributed by atoms with Gasteiger partial charge in [-0.1, -0.05) is 11.6 Å². The fourth-order valence-corrected chi connectivity index (χ4v) is 4.88. The van der Waals surface area contributed by atoms with Crippen LogP contribution in [0, 0.1) is 5.82 Å². The van der Waals surface area contributed by atoms with E-state index in [9.17, 15) is 18.2 Å². The number of carboxylic acid groups (broad SMARTS) is 1. The molecule has 0 aliphatic carbocycles. The summed E-state index contributed by atoms with van der Waals surface area (Å²) in [7, 11) is 1.54. The molecule has 3 N–H and O–H groups in total. The summed E-state index contributed by atoms with van der Waals surface area (Å²) in [4.78, 5) is 24.4. The number of likely N-dealkylation sites (N-methyl/N-ethyl adjacent to an activating group) is 1. The molecule has 3 unspecified atom stereocenters. The average molecular weight is 432 g/mol. The van der Waals surface area contributed by atoms with Gasteiger partial charge in [-0.3, -0.25) is 4.79 Å². The van der Waals surface area contributed by atoms with Crippen LogP contribution >= 0.6 is 22.9 Å². The predicted octanol–water partition coefficient (Wildman–Crippen LogP) is 2.79. The number of nitrogens with zero attached hydrogens (tertiary/aromatic N) is 1. The third-order valence-electron chi connectivity index (χ3n) is 4.10. The Balaban J connectivity index is 1.77. The van der Waals surface area contributed by atoms with Gasteiger partial charge in [0, 0.05) is 23.0 Å². The van der Waals surface area contributed by atoms with Gasteiger partial charge in [-0.25, -0.2) is 22.4 Å². The predicted molar refractivity (Wildman–Crippen MR) is 102 cm³/mol. The molecule has 0 spiro atoms. The van der Waals surface area contributed by atoms with E-state index in [1.807, 2.05) is 0 Å². The number of halogens is 2. The Kier molecular flexibility index (Phi) is 5.92. The molecule has 1 aromatic heterocycles. The Morgan fingerprint density at radius 3 is 2.81 bits per heavy atom. The molecule has 1 aliphatic rings. The third-order valence-corrected chi connectivity index (χ3v) is 6.70. The highest BCUT2D eigenvalue weighted by atomic mass is 35.5. The van der Waals surface area contributed by atoms with Crippen LogP contribution in [0.1, 0.15) is 27.7 Å². The summed E-state index contributed by atoms with van der Waals surface area (Å²) in [6, 6.07) is 4.14. The number of rotatable bonds is 4. The zero-order valence-corrected chi connectivity index (χ0v) is 16.3. The number of carbonyl (C=O) groups is 2. The fourth-order valence-electron chi connectivity index (χ4n) is 2.63. The van der Waals surface area contributed by atoms with Gasteiger partial charge in [-0.05, 0) is 30.7 Å². The molecule has 0 radical (unpaired) electrons. The van der Waals surface area contributed by atoms with Crippen molar-refractivity contribution in [2.75, 3.05) is 12.4 Å². The molecular weight excluding hydrogens is 417 g/mol. The SMILES string of the molecule is CN1C(C(=O)Nc2ccc(F)c(Cl)c2)CC(c2cc(C(=O)O)cs2)NS1=O. The molecule has 0 bridgehead atoms. The minimum absolute atomic E-state index is 0.118. The molecule has 0 saturated carbocycles. The molecule has 1 aliphatic heterocycles. The number of benzene rings is 1. The zero-order valence-electron chi connectivity index (χ0n) is 13.9. The first-order valence-electron chi connectivity index (χ1n) is 7.75. The summed E-state index contributed by atoms with van der Waals surface area (Å²) in [5, 5.41) is 13.1. The highest BCUT2D eigenvalue weighted by Crippen LogP contribution is 2.31. The first-order chi connectivity index (χ1) is 12.8. The number of carboxylic acids is 1. The van der Waals surface area contributed by atoms with E-state index in [0.717, 1.165) is 6.07 Å². The summed E-state index contributed by atoms with van der Waals surface area (Å²) in [5.41, 5.74) is 0.466. The number of nitrogens with one attached hydrogen (secondary N) is 2. The highest BCUT2D eigenvalue weighted by Gasteiger charge is 2.37. The molecule has 1 fully saturated rings. The lowest BCUT2D eigenvalue weighted by molar-refractivity contribution is -0.120. The molecule has 27 heavy (non-hydrogen) atoms. The van der Waals surface area contributed by atoms with Gasteiger partial charge in [0.15, 0.2) is 11.2 Å². The molecule has 7 nitrogen and oxygen atoms in total. The minimum atomic E-state index is -1.64. The number of hydrogen-bond acceptors (Lipinski definition) is 4. The van der Waals surface area contributed by atoms with Gasteiger partial charge in [-0.15, -0.1) is 11.3 Å². The molecule has 11 heteroatoms. The highest BCUT2D eigenvalue weighted by molar-refractivity contribution is 7.80. The van der Waals surface area contributed by atoms with Crippen LogP contribution in [-0.2, 0) is 16.0 Å². The van der Waals surface area contributed by atoms with Gasteiger partial charge in [-0.2, -0.15) is 0 Å². The lowest BCUT2D eigenvalue weighted by atomic mass is 10.0. The first kappa shape index (κ1) is 19.9. The number of hydrogen-bond donors (Lipinski definition) is 3. The van der Waals surface area contributed by atoms with Crippen LogP contribution in [0.2, 0.25) is 5.02 Å². The lowest BCUT2D eigenvalue weighted by Crippen LogP contribution is -2.52. The van der Waals surface area contributed by atoms with E-state index >= 15 is 0 Å². The van der Waals surface area contributed by atoms with E-state index in [1.165, 1.54) is 46.3 Å². The molecule has 1 saturated heterocycles. The monoisotopic (exact) mass is 431 g/mol. The number of thiophene rings is 1. The van der Waals surface area contributed by atoms with Crippen molar-refractivity contribution in [3.63, 3.8) is 0 Å². The van der Waals surface area contributed by atoms with E-state index in [0.29, 0.717) is 10.6 Å². The largest absolute Gasteiger partial charge is 0.478 e. The van der Waals surface area contributed by atoms with Crippen LogP contribution in [0.25, 0.3) is 0 Å². The van der Waals surface area contributed by atoms with Gasteiger partial charge in [0.05, 0.1) is 16.6 Å². The van der Waals surface area contributed by atoms with E-state index in [4.69, 9.17) is 16.7 Å². The van der Waals surface area contributed by atoms with Crippen molar-refractivity contribution in [3.05, 3.63) is 50.9 Å². The molecule has 144 valence electrons. The molecule has 3 atom stereocenters. The van der Waals surface area contributed by atoms with Crippen LogP contribution in [0.5, 0.6) is 0 Å². The molecule has 2 heterocycles. The maximum atomic E-state index is 13.3. The van der Waals surface area contributed by atoms with Crippen molar-refractivity contribution in [2.45, 2.75) is 18.5 Å². The summed E-state index contributed by atoms with van der Waals surface area (Å²) >= 11 is 5.31. The van der Waals surface area contributed by atoms with Crippen molar-refractivity contribution in [3.8, 4) is 0 Å². The number of carbonyl (C=O) groups excluding carboxylic acids is 1. The Morgan fingerprint density at radius 2 is 2.19 bits per heavy atom. The number of anilines is 1. The van der Waals surface area contributed by atoms with E-state index in [1.54, 1.807) is 0 Å². The summed E-state index contributed by atoms with van der Waals surface area (Å²) in [6.45, 7) is 0. The molecule has 3 rings (SSSR count). The van der Waals surface area contributed by atoms with Crippen LogP contribution in [0.15, 0.2) is 29.6 Å². The van der Waals surface area contributed by atoms with E-state index in [2.05, 4.69) is 10.0 Å². The molecule has 1 amide bonds. The molecular formula is C16H15ClFN3O4S2. The van der Waals surface area contributed by atoms with Crippen LogP contribution in [-0.4, -0.2) is 38.6 Å². The van der Waals surface area contributed by atoms with Gasteiger partial charge in [0.2, 0.25) is 5.91 Å². The third kappa shape index (κ3) is 4.36. The minimum Gasteiger partial charge on any atom is -0.478 e. The fraction of sp³-hybridized carbons (Fsp3) is 0.250. The van der Waals surface area contributed by atoms with Crippen molar-refractivity contribution in [2.24, 2.45) is 0 Å². The maximum absolute atomic E-state index is 13.3. The molecule has 2 aromatic rings. The first-order valence-corrected chi connectivity index (χ1v) is 10.1. The van der Waals surface area contributed by atoms with Crippen LogP contribution in [0.4, 0.5) is 10.1 Å². The Labute approximate surface area is 165 Å². The Hall–Kier alpha value is -1.85. The number of amides is 1. The Bertz CT molecular complexity index is 923. The van der Waals surface area contributed by atoms with Crippen LogP contribution in [0.3, 0.4) is 0 Å². The second kappa shape index (κ2) is 8.03. The summed E-state index contributed by atoms with van der Waals surface area (Å²) in [6.07, 6.45) is 0.280. The maximum Gasteiger partial charge on any atom is 0.336 e. The van der Waals surface area contributed by atoms with Gasteiger partial charge >= 0.3 is 5.97 Å². The molecule has 1 aromatic carbocycles. The van der Waals surface area contributed by atoms with Crippen LogP contribution < -0.4 is 10.0 Å². The van der Waals surface area contributed by atoms with Crippen molar-refractivity contribution in [1.82, 2.24) is 9.03 Å². The smallest absolute Gasteiger partial charge is 0.336 e. The van der Waals surface area contributed by atoms with Crippen molar-refractivity contribution in [1.29, 1.82) is 0 Å². The Morgan fingerprint density at radius 1 is 1.44 bits per heavy atom. The van der Waals surface area contributed by atoms with Gasteiger partial charge in [0.25, 0.3) is 0 Å². The second-order valence-corrected chi connectivity index (χ2v) is 8.54. The zero-order chi connectivity index (χ0) is 19.7. The topological polar surface area (TPSA) is 98.7 Å². The van der Waals surface area contributed by atoms with Crippen molar-refractivity contribution < 1.29 is 23.3 Å². The quantitative estimate of drug-likeness (QED) is 0.693. The normalized spacial score (nSPS) is 23.1. The standard InChI is InChI=1S/C16H15ClFN3O4S2/c1-21-13(15(22)19-9-2-3-11(18)10(17)5-9)6-12(20-27(21)25)14-4-8(7-26-14)16(23)24/h2-5,7,12-13,20H,6H2,1H3,(H,19,22)(H,23,24). The average Bonchev–Trinajstić information content (AvgIpc) is 3.10. The lowest BCUT2D eigenvalue weighted by Gasteiger charge is -2.35. The second-order valence-electron chi connectivity index (χ2n) is 5.88. The van der Waals surface area contributed by atoms with Gasteiger partial charge < -0.3 is 10.4 Å². The number of aromatic carboxylic acids is 1. The van der Waals surface area contributed by atoms with Crippen molar-refractivity contribution >= 4 is 51.7 Å². The summed E-state index contributed by atoms with van der Waals surface area (Å²) < 4.78 is 29.9. The van der Waals surface area contributed by atoms with E-state index in [-0.39, 0.29) is 17.0 Å². The van der Waals surface area contributed by atoms with Gasteiger partial charge in [0.1, 0.15) is 11.9 Å². The van der Waals surface area contributed by atoms with E-state index < -0.39 is 40.9 Å². The summed E-state index contributed by atoms with van der Waals surface area (Å²) in [5.74, 6) is -2.06.